The molecule has 1 heterocycles. The van der Waals surface area contributed by atoms with Gasteiger partial charge in [0.25, 0.3) is 0 Å². The normalized spacial score (nSPS) is 10.2. The van der Waals surface area contributed by atoms with E-state index >= 15 is 0 Å². The number of anilines is 3. The Balaban J connectivity index is 2.34. The Morgan fingerprint density at radius 1 is 1.35 bits per heavy atom. The molecule has 5 nitrogen and oxygen atoms in total. The van der Waals surface area contributed by atoms with Crippen LogP contribution >= 0.6 is 23.2 Å². The van der Waals surface area contributed by atoms with E-state index in [0.29, 0.717) is 21.6 Å². The number of carbonyl (C=O) groups excluding carboxylic acids is 1. The van der Waals surface area contributed by atoms with E-state index in [1.54, 1.807) is 18.2 Å². The summed E-state index contributed by atoms with van der Waals surface area (Å²) in [4.78, 5) is 15.6. The molecule has 0 radical (unpaired) electrons. The fraction of sp³-hybridized carbons (Fsp3) is 0.0769. The second-order valence-corrected chi connectivity index (χ2v) is 4.74. The monoisotopic (exact) mass is 311 g/mol. The Morgan fingerprint density at radius 3 is 2.80 bits per heavy atom. The predicted octanol–water partition coefficient (Wildman–Crippen LogP) is 3.50. The third kappa shape index (κ3) is 3.12. The minimum atomic E-state index is -0.537. The zero-order chi connectivity index (χ0) is 14.7. The molecule has 3 N–H and O–H groups in total. The zero-order valence-corrected chi connectivity index (χ0v) is 12.0. The van der Waals surface area contributed by atoms with E-state index in [4.69, 9.17) is 28.9 Å². The summed E-state index contributed by atoms with van der Waals surface area (Å²) in [5, 5.41) is 3.98. The number of nitrogens with one attached hydrogen (secondary N) is 1. The molecule has 0 bridgehead atoms. The van der Waals surface area contributed by atoms with Crippen molar-refractivity contribution in [1.82, 2.24) is 4.98 Å². The maximum Gasteiger partial charge on any atom is 0.340 e. The number of hydrogen-bond donors (Lipinski definition) is 2. The van der Waals surface area contributed by atoms with E-state index < -0.39 is 5.97 Å². The van der Waals surface area contributed by atoms with Gasteiger partial charge in [0, 0.05) is 5.02 Å². The molecule has 0 aliphatic carbocycles. The fourth-order valence-electron chi connectivity index (χ4n) is 1.55. The molecule has 0 fully saturated rings. The van der Waals surface area contributed by atoms with Gasteiger partial charge in [-0.05, 0) is 24.3 Å². The van der Waals surface area contributed by atoms with Crippen molar-refractivity contribution in [3.05, 3.63) is 46.1 Å². The molecule has 0 unspecified atom stereocenters. The van der Waals surface area contributed by atoms with Crippen molar-refractivity contribution in [3.8, 4) is 0 Å². The van der Waals surface area contributed by atoms with Crippen molar-refractivity contribution in [2.45, 2.75) is 0 Å². The van der Waals surface area contributed by atoms with Gasteiger partial charge in [0.1, 0.15) is 5.82 Å². The van der Waals surface area contributed by atoms with Crippen molar-refractivity contribution < 1.29 is 9.53 Å². The second-order valence-electron chi connectivity index (χ2n) is 3.90. The standard InChI is InChI=1S/C13H11Cl2N3O2/c1-20-13(19)8-5-12(17-6-10(8)16)18-11-4-7(14)2-3-9(11)15/h2-6H,16H2,1H3,(H,17,18). The lowest BCUT2D eigenvalue weighted by Gasteiger charge is -2.10. The van der Waals surface area contributed by atoms with Gasteiger partial charge in [-0.15, -0.1) is 0 Å². The Bertz CT molecular complexity index is 662. The first-order valence-corrected chi connectivity index (χ1v) is 6.32. The minimum Gasteiger partial charge on any atom is -0.465 e. The average Bonchev–Trinajstić information content (AvgIpc) is 2.44. The molecular formula is C13H11Cl2N3O2. The molecule has 0 amide bonds. The summed E-state index contributed by atoms with van der Waals surface area (Å²) in [7, 11) is 1.28. The Morgan fingerprint density at radius 2 is 2.10 bits per heavy atom. The van der Waals surface area contributed by atoms with Gasteiger partial charge in [-0.3, -0.25) is 0 Å². The van der Waals surface area contributed by atoms with Gasteiger partial charge in [0.2, 0.25) is 0 Å². The molecule has 0 aliphatic heterocycles. The molecule has 2 aromatic rings. The average molecular weight is 312 g/mol. The third-order valence-corrected chi connectivity index (χ3v) is 3.10. The molecule has 0 spiro atoms. The van der Waals surface area contributed by atoms with Crippen LogP contribution in [0.5, 0.6) is 0 Å². The van der Waals surface area contributed by atoms with Crippen LogP contribution in [-0.4, -0.2) is 18.1 Å². The lowest BCUT2D eigenvalue weighted by atomic mass is 10.2. The van der Waals surface area contributed by atoms with Gasteiger partial charge in [-0.2, -0.15) is 0 Å². The maximum absolute atomic E-state index is 11.6. The molecule has 0 saturated carbocycles. The number of hydrogen-bond acceptors (Lipinski definition) is 5. The summed E-state index contributed by atoms with van der Waals surface area (Å²) in [5.41, 5.74) is 6.71. The van der Waals surface area contributed by atoms with Crippen LogP contribution in [-0.2, 0) is 4.74 Å². The number of esters is 1. The smallest absolute Gasteiger partial charge is 0.340 e. The molecule has 0 aliphatic rings. The number of nitrogens with zero attached hydrogens (tertiary/aromatic N) is 1. The molecule has 0 atom stereocenters. The maximum atomic E-state index is 11.6. The molecule has 7 heteroatoms. The number of benzene rings is 1. The van der Waals surface area contributed by atoms with E-state index in [1.165, 1.54) is 19.4 Å². The highest BCUT2D eigenvalue weighted by Crippen LogP contribution is 2.28. The molecule has 104 valence electrons. The summed E-state index contributed by atoms with van der Waals surface area (Å²) in [6, 6.07) is 6.47. The Kier molecular flexibility index (Phi) is 4.32. The van der Waals surface area contributed by atoms with Gasteiger partial charge in [-0.1, -0.05) is 23.2 Å². The SMILES string of the molecule is COC(=O)c1cc(Nc2cc(Cl)ccc2Cl)ncc1N. The van der Waals surface area contributed by atoms with Crippen LogP contribution in [0.3, 0.4) is 0 Å². The van der Waals surface area contributed by atoms with Crippen LogP contribution in [0.4, 0.5) is 17.2 Å². The van der Waals surface area contributed by atoms with Gasteiger partial charge in [0.15, 0.2) is 0 Å². The van der Waals surface area contributed by atoms with E-state index in [1.807, 2.05) is 0 Å². The highest BCUT2D eigenvalue weighted by Gasteiger charge is 2.12. The Hall–Kier alpha value is -1.98. The van der Waals surface area contributed by atoms with E-state index in [9.17, 15) is 4.79 Å². The Labute approximate surface area is 125 Å². The van der Waals surface area contributed by atoms with Gasteiger partial charge >= 0.3 is 5.97 Å². The third-order valence-electron chi connectivity index (χ3n) is 2.53. The van der Waals surface area contributed by atoms with Gasteiger partial charge in [0.05, 0.1) is 35.3 Å². The number of rotatable bonds is 3. The molecule has 2 rings (SSSR count). The largest absolute Gasteiger partial charge is 0.465 e. The van der Waals surface area contributed by atoms with Crippen molar-refractivity contribution in [2.75, 3.05) is 18.2 Å². The topological polar surface area (TPSA) is 77.2 Å². The second kappa shape index (κ2) is 5.98. The van der Waals surface area contributed by atoms with Crippen molar-refractivity contribution in [1.29, 1.82) is 0 Å². The fourth-order valence-corrected chi connectivity index (χ4v) is 1.89. The van der Waals surface area contributed by atoms with Crippen LogP contribution in [0.1, 0.15) is 10.4 Å². The van der Waals surface area contributed by atoms with Crippen LogP contribution in [0, 0.1) is 0 Å². The van der Waals surface area contributed by atoms with Crippen LogP contribution in [0.25, 0.3) is 0 Å². The molecular weight excluding hydrogens is 301 g/mol. The predicted molar refractivity (Wildman–Crippen MR) is 79.7 cm³/mol. The van der Waals surface area contributed by atoms with E-state index in [-0.39, 0.29) is 11.3 Å². The summed E-state index contributed by atoms with van der Waals surface area (Å²) in [6.07, 6.45) is 1.37. The van der Waals surface area contributed by atoms with Crippen LogP contribution < -0.4 is 11.1 Å². The van der Waals surface area contributed by atoms with Crippen molar-refractivity contribution in [2.24, 2.45) is 0 Å². The summed E-state index contributed by atoms with van der Waals surface area (Å²) in [5.74, 6) is -0.131. The quantitative estimate of drug-likeness (QED) is 0.848. The van der Waals surface area contributed by atoms with E-state index in [0.717, 1.165) is 0 Å². The summed E-state index contributed by atoms with van der Waals surface area (Å²) < 4.78 is 4.64. The van der Waals surface area contributed by atoms with Gasteiger partial charge in [-0.25, -0.2) is 9.78 Å². The highest BCUT2D eigenvalue weighted by molar-refractivity contribution is 6.35. The molecule has 1 aromatic carbocycles. The lowest BCUT2D eigenvalue weighted by molar-refractivity contribution is 0.0602. The first kappa shape index (κ1) is 14.4. The first-order chi connectivity index (χ1) is 9.51. The first-order valence-electron chi connectivity index (χ1n) is 5.57. The molecule has 20 heavy (non-hydrogen) atoms. The van der Waals surface area contributed by atoms with Crippen LogP contribution in [0.15, 0.2) is 30.5 Å². The number of halogens is 2. The van der Waals surface area contributed by atoms with Gasteiger partial charge < -0.3 is 15.8 Å². The van der Waals surface area contributed by atoms with Crippen LogP contribution in [0.2, 0.25) is 10.0 Å². The lowest BCUT2D eigenvalue weighted by Crippen LogP contribution is -2.07. The number of pyridine rings is 1. The number of carbonyl (C=O) groups is 1. The highest BCUT2D eigenvalue weighted by atomic mass is 35.5. The number of nitrogen functional groups attached to an aromatic ring is 1. The molecule has 1 aromatic heterocycles. The minimum absolute atomic E-state index is 0.225. The zero-order valence-electron chi connectivity index (χ0n) is 10.5. The summed E-state index contributed by atoms with van der Waals surface area (Å²) >= 11 is 11.9. The number of methoxy groups -OCH3 is 1. The van der Waals surface area contributed by atoms with E-state index in [2.05, 4.69) is 15.0 Å². The number of nitrogens with two attached hydrogens (primary N) is 1. The number of ether oxygens (including phenoxy) is 1. The summed E-state index contributed by atoms with van der Waals surface area (Å²) in [6.45, 7) is 0. The number of aromatic nitrogens is 1. The van der Waals surface area contributed by atoms with Crippen molar-refractivity contribution >= 4 is 46.4 Å². The van der Waals surface area contributed by atoms with Crippen molar-refractivity contribution in [3.63, 3.8) is 0 Å². The molecule has 0 saturated heterocycles.